The number of rotatable bonds is 9. The molecule has 3 N–H and O–H groups in total. The number of piperidine rings is 1. The number of primary amides is 1. The molecule has 0 spiro atoms. The number of carbonyl (C=O) groups excluding carboxylic acids is 2. The van der Waals surface area contributed by atoms with Gasteiger partial charge < -0.3 is 10.8 Å². The molecular weight excluding hydrogens is 636 g/mol. The number of aromatic nitrogens is 2. The van der Waals surface area contributed by atoms with Gasteiger partial charge in [0.1, 0.15) is 10.8 Å². The zero-order chi connectivity index (χ0) is 32.8. The second-order valence-electron chi connectivity index (χ2n) is 11.3. The Bertz CT molecular complexity index is 1710. The highest BCUT2D eigenvalue weighted by Crippen LogP contribution is 2.36. The molecule has 0 radical (unpaired) electrons. The Morgan fingerprint density at radius 1 is 0.935 bits per heavy atom. The van der Waals surface area contributed by atoms with Gasteiger partial charge in [-0.2, -0.15) is 0 Å². The van der Waals surface area contributed by atoms with Gasteiger partial charge in [0.05, 0.1) is 22.1 Å². The van der Waals surface area contributed by atoms with Crippen molar-refractivity contribution in [1.82, 2.24) is 15.1 Å². The molecule has 0 atom stereocenters. The van der Waals surface area contributed by atoms with Gasteiger partial charge in [0.15, 0.2) is 5.82 Å². The number of carboxylic acid groups (broad SMARTS) is 1. The van der Waals surface area contributed by atoms with Crippen LogP contribution in [0.15, 0.2) is 66.7 Å². The molecule has 1 saturated carbocycles. The molecule has 2 amide bonds. The predicted octanol–water partition coefficient (Wildman–Crippen LogP) is 6.28. The van der Waals surface area contributed by atoms with Crippen molar-refractivity contribution >= 4 is 45.9 Å². The van der Waals surface area contributed by atoms with E-state index in [4.69, 9.17) is 17.3 Å². The second-order valence-corrected chi connectivity index (χ2v) is 12.6. The molecule has 1 aliphatic carbocycles. The SMILES string of the molecule is NC(=O)c1ccccc1F.O=C(O)C1CCN(Cc2ccc(-c3nnc(N(CC4CC4)C(=O)c4cccc(Cl)c4F)s3)cc2)CC1. The van der Waals surface area contributed by atoms with Crippen LogP contribution in [0.25, 0.3) is 10.6 Å². The third kappa shape index (κ3) is 8.31. The topological polar surface area (TPSA) is 130 Å². The van der Waals surface area contributed by atoms with E-state index in [0.29, 0.717) is 35.4 Å². The lowest BCUT2D eigenvalue weighted by Gasteiger charge is -2.30. The number of likely N-dealkylation sites (tertiary alicyclic amines) is 1. The van der Waals surface area contributed by atoms with Crippen molar-refractivity contribution in [1.29, 1.82) is 0 Å². The number of nitrogens with zero attached hydrogens (tertiary/aromatic N) is 4. The Morgan fingerprint density at radius 3 is 2.22 bits per heavy atom. The number of benzene rings is 3. The largest absolute Gasteiger partial charge is 0.481 e. The Morgan fingerprint density at radius 2 is 1.61 bits per heavy atom. The fourth-order valence-electron chi connectivity index (χ4n) is 5.07. The molecule has 4 aromatic rings. The molecule has 3 aromatic carbocycles. The van der Waals surface area contributed by atoms with Gasteiger partial charge in [0, 0.05) is 18.7 Å². The van der Waals surface area contributed by atoms with E-state index in [1.807, 2.05) is 24.3 Å². The fraction of sp³-hybridized carbons (Fsp3) is 0.303. The standard InChI is InChI=1S/C26H26ClFN4O3S.C7H6FNO/c27-21-3-1-2-20(22(21)28)24(33)32(15-17-4-5-17)26-30-29-23(36-26)18-8-6-16(7-9-18)14-31-12-10-19(11-13-31)25(34)35;8-6-4-2-1-3-5(6)7(9)10/h1-3,6-9,17,19H,4-5,10-15H2,(H,34,35);1-4H,(H2,9,10). The van der Waals surface area contributed by atoms with Gasteiger partial charge in [-0.3, -0.25) is 24.2 Å². The third-order valence-corrected chi connectivity index (χ3v) is 9.18. The highest BCUT2D eigenvalue weighted by Gasteiger charge is 2.32. The second kappa shape index (κ2) is 14.9. The van der Waals surface area contributed by atoms with E-state index < -0.39 is 29.4 Å². The molecular formula is C33H32ClF2N5O4S. The number of carbonyl (C=O) groups is 3. The van der Waals surface area contributed by atoms with E-state index in [0.717, 1.165) is 43.6 Å². The van der Waals surface area contributed by atoms with E-state index >= 15 is 0 Å². The van der Waals surface area contributed by atoms with E-state index in [1.165, 1.54) is 46.6 Å². The van der Waals surface area contributed by atoms with Crippen LogP contribution >= 0.6 is 22.9 Å². The van der Waals surface area contributed by atoms with Crippen LogP contribution in [0.5, 0.6) is 0 Å². The zero-order valence-electron chi connectivity index (χ0n) is 24.7. The average molecular weight is 668 g/mol. The highest BCUT2D eigenvalue weighted by molar-refractivity contribution is 7.18. The molecule has 46 heavy (non-hydrogen) atoms. The van der Waals surface area contributed by atoms with Gasteiger partial charge in [0.25, 0.3) is 11.8 Å². The Hall–Kier alpha value is -4.26. The minimum absolute atomic E-state index is 0.0671. The highest BCUT2D eigenvalue weighted by atomic mass is 35.5. The summed E-state index contributed by atoms with van der Waals surface area (Å²) in [5, 5.41) is 18.8. The fourth-order valence-corrected chi connectivity index (χ4v) is 6.10. The first-order valence-electron chi connectivity index (χ1n) is 14.8. The van der Waals surface area contributed by atoms with Crippen LogP contribution in [0.3, 0.4) is 0 Å². The summed E-state index contributed by atoms with van der Waals surface area (Å²) in [6.07, 6.45) is 3.41. The summed E-state index contributed by atoms with van der Waals surface area (Å²) in [4.78, 5) is 38.6. The van der Waals surface area contributed by atoms with Crippen LogP contribution in [0, 0.1) is 23.5 Å². The van der Waals surface area contributed by atoms with Crippen molar-refractivity contribution in [2.75, 3.05) is 24.5 Å². The van der Waals surface area contributed by atoms with Crippen LogP contribution in [0.1, 0.15) is 52.0 Å². The first-order valence-corrected chi connectivity index (χ1v) is 16.0. The molecule has 1 aromatic heterocycles. The number of aliphatic carboxylic acids is 1. The van der Waals surface area contributed by atoms with E-state index in [-0.39, 0.29) is 22.1 Å². The number of halogens is 3. The summed E-state index contributed by atoms with van der Waals surface area (Å²) in [5.41, 5.74) is 6.72. The van der Waals surface area contributed by atoms with Crippen molar-refractivity contribution < 1.29 is 28.3 Å². The molecule has 13 heteroatoms. The normalized spacial score (nSPS) is 15.1. The van der Waals surface area contributed by atoms with Crippen LogP contribution < -0.4 is 10.6 Å². The lowest BCUT2D eigenvalue weighted by Crippen LogP contribution is -2.35. The first-order chi connectivity index (χ1) is 22.1. The maximum absolute atomic E-state index is 14.6. The van der Waals surface area contributed by atoms with Crippen LogP contribution in [-0.2, 0) is 11.3 Å². The monoisotopic (exact) mass is 667 g/mol. The van der Waals surface area contributed by atoms with Crippen molar-refractivity contribution in [2.45, 2.75) is 32.2 Å². The van der Waals surface area contributed by atoms with Gasteiger partial charge in [-0.15, -0.1) is 10.2 Å². The van der Waals surface area contributed by atoms with Crippen LogP contribution in [0.2, 0.25) is 5.02 Å². The molecule has 2 heterocycles. The van der Waals surface area contributed by atoms with Gasteiger partial charge in [-0.25, -0.2) is 8.78 Å². The van der Waals surface area contributed by atoms with E-state index in [2.05, 4.69) is 15.1 Å². The van der Waals surface area contributed by atoms with Crippen molar-refractivity contribution in [3.8, 4) is 10.6 Å². The van der Waals surface area contributed by atoms with Crippen molar-refractivity contribution in [3.63, 3.8) is 0 Å². The van der Waals surface area contributed by atoms with E-state index in [9.17, 15) is 28.3 Å². The first kappa shape index (κ1) is 33.1. The number of nitrogens with two attached hydrogens (primary N) is 1. The molecule has 9 nitrogen and oxygen atoms in total. The number of hydrogen-bond donors (Lipinski definition) is 2. The smallest absolute Gasteiger partial charge is 0.306 e. The lowest BCUT2D eigenvalue weighted by atomic mass is 9.97. The quantitative estimate of drug-likeness (QED) is 0.215. The van der Waals surface area contributed by atoms with Gasteiger partial charge in [-0.1, -0.05) is 65.4 Å². The van der Waals surface area contributed by atoms with Gasteiger partial charge >= 0.3 is 5.97 Å². The number of hydrogen-bond acceptors (Lipinski definition) is 7. The number of anilines is 1. The minimum Gasteiger partial charge on any atom is -0.481 e. The molecule has 6 rings (SSSR count). The molecule has 0 unspecified atom stereocenters. The lowest BCUT2D eigenvalue weighted by molar-refractivity contribution is -0.143. The summed E-state index contributed by atoms with van der Waals surface area (Å²) in [5.74, 6) is -3.07. The van der Waals surface area contributed by atoms with Crippen molar-refractivity contribution in [2.24, 2.45) is 17.6 Å². The summed E-state index contributed by atoms with van der Waals surface area (Å²) in [7, 11) is 0. The maximum Gasteiger partial charge on any atom is 0.306 e. The summed E-state index contributed by atoms with van der Waals surface area (Å²) >= 11 is 7.21. The molecule has 1 aliphatic heterocycles. The Balaban J connectivity index is 0.000000356. The molecule has 2 fully saturated rings. The molecule has 0 bridgehead atoms. The van der Waals surface area contributed by atoms with Crippen LogP contribution in [0.4, 0.5) is 13.9 Å². The summed E-state index contributed by atoms with van der Waals surface area (Å²) in [6.45, 7) is 2.78. The van der Waals surface area contributed by atoms with Crippen LogP contribution in [-0.4, -0.2) is 57.6 Å². The third-order valence-electron chi connectivity index (χ3n) is 7.89. The van der Waals surface area contributed by atoms with Crippen molar-refractivity contribution in [3.05, 3.63) is 100 Å². The minimum atomic E-state index is -0.738. The van der Waals surface area contributed by atoms with E-state index in [1.54, 1.807) is 12.1 Å². The van der Waals surface area contributed by atoms with Gasteiger partial charge in [-0.05, 0) is 74.5 Å². The summed E-state index contributed by atoms with van der Waals surface area (Å²) in [6, 6.07) is 18.1. The Labute approximate surface area is 273 Å². The average Bonchev–Trinajstić information content (AvgIpc) is 3.75. The predicted molar refractivity (Wildman–Crippen MR) is 172 cm³/mol. The maximum atomic E-state index is 14.6. The molecule has 2 aliphatic rings. The Kier molecular flexibility index (Phi) is 10.7. The molecule has 1 saturated heterocycles. The van der Waals surface area contributed by atoms with Gasteiger partial charge in [0.2, 0.25) is 5.13 Å². The number of amides is 2. The molecule has 240 valence electrons. The zero-order valence-corrected chi connectivity index (χ0v) is 26.3. The number of carboxylic acids is 1. The summed E-state index contributed by atoms with van der Waals surface area (Å²) < 4.78 is 27.1.